The SMILES string of the molecule is CC(C)(C)OC(=O)N1CCC(Cn2nccc(-c3ccccc3Cl)c2=O)CC1. The minimum absolute atomic E-state index is 0.148. The monoisotopic (exact) mass is 403 g/mol. The first-order valence-electron chi connectivity index (χ1n) is 9.53. The molecule has 2 aromatic rings. The molecule has 0 atom stereocenters. The number of ether oxygens (including phenoxy) is 1. The molecule has 150 valence electrons. The molecule has 1 saturated heterocycles. The Hall–Kier alpha value is -2.34. The number of hydrogen-bond donors (Lipinski definition) is 0. The second kappa shape index (κ2) is 8.35. The number of carbonyl (C=O) groups is 1. The fraction of sp³-hybridized carbons (Fsp3) is 0.476. The fourth-order valence-electron chi connectivity index (χ4n) is 3.33. The van der Waals surface area contributed by atoms with E-state index in [1.165, 1.54) is 4.68 Å². The normalized spacial score (nSPS) is 15.5. The molecule has 6 nitrogen and oxygen atoms in total. The van der Waals surface area contributed by atoms with Crippen molar-refractivity contribution in [2.24, 2.45) is 5.92 Å². The van der Waals surface area contributed by atoms with Crippen LogP contribution in [0.5, 0.6) is 0 Å². The summed E-state index contributed by atoms with van der Waals surface area (Å²) >= 11 is 6.25. The predicted molar refractivity (Wildman–Crippen MR) is 109 cm³/mol. The van der Waals surface area contributed by atoms with Crippen molar-refractivity contribution in [1.82, 2.24) is 14.7 Å². The van der Waals surface area contributed by atoms with Crippen LogP contribution in [0.15, 0.2) is 41.3 Å². The Morgan fingerprint density at radius 2 is 1.86 bits per heavy atom. The lowest BCUT2D eigenvalue weighted by molar-refractivity contribution is 0.0176. The summed E-state index contributed by atoms with van der Waals surface area (Å²) in [6.07, 6.45) is 2.98. The first kappa shape index (κ1) is 20.4. The third kappa shape index (κ3) is 4.93. The van der Waals surface area contributed by atoms with Crippen LogP contribution in [0.3, 0.4) is 0 Å². The number of nitrogens with zero attached hydrogens (tertiary/aromatic N) is 3. The molecule has 1 amide bonds. The minimum Gasteiger partial charge on any atom is -0.444 e. The Kier molecular flexibility index (Phi) is 6.08. The van der Waals surface area contributed by atoms with Gasteiger partial charge in [-0.2, -0.15) is 5.10 Å². The molecule has 0 bridgehead atoms. The molecule has 0 spiro atoms. The first-order valence-corrected chi connectivity index (χ1v) is 9.91. The molecule has 1 fully saturated rings. The number of carbonyl (C=O) groups excluding carboxylic acids is 1. The van der Waals surface area contributed by atoms with Crippen molar-refractivity contribution in [2.45, 2.75) is 45.8 Å². The molecule has 7 heteroatoms. The topological polar surface area (TPSA) is 64.4 Å². The zero-order valence-corrected chi connectivity index (χ0v) is 17.3. The van der Waals surface area contributed by atoms with E-state index in [4.69, 9.17) is 16.3 Å². The van der Waals surface area contributed by atoms with Gasteiger partial charge < -0.3 is 9.64 Å². The number of halogens is 1. The highest BCUT2D eigenvalue weighted by Gasteiger charge is 2.27. The van der Waals surface area contributed by atoms with Gasteiger partial charge in [0, 0.05) is 36.4 Å². The van der Waals surface area contributed by atoms with Crippen molar-refractivity contribution in [3.05, 3.63) is 51.9 Å². The van der Waals surface area contributed by atoms with Crippen LogP contribution in [0.25, 0.3) is 11.1 Å². The van der Waals surface area contributed by atoms with Crippen molar-refractivity contribution >= 4 is 17.7 Å². The number of rotatable bonds is 3. The molecule has 2 heterocycles. The van der Waals surface area contributed by atoms with Crippen molar-refractivity contribution in [3.8, 4) is 11.1 Å². The Morgan fingerprint density at radius 3 is 2.50 bits per heavy atom. The molecule has 1 aliphatic heterocycles. The van der Waals surface area contributed by atoms with Gasteiger partial charge in [0.1, 0.15) is 5.60 Å². The van der Waals surface area contributed by atoms with E-state index < -0.39 is 5.60 Å². The van der Waals surface area contributed by atoms with Crippen molar-refractivity contribution in [2.75, 3.05) is 13.1 Å². The lowest BCUT2D eigenvalue weighted by Gasteiger charge is -2.33. The minimum atomic E-state index is -0.496. The number of aromatic nitrogens is 2. The maximum atomic E-state index is 12.9. The first-order chi connectivity index (χ1) is 13.2. The van der Waals surface area contributed by atoms with E-state index in [0.717, 1.165) is 12.8 Å². The van der Waals surface area contributed by atoms with Crippen LogP contribution in [0, 0.1) is 5.92 Å². The summed E-state index contributed by atoms with van der Waals surface area (Å²) in [6, 6.07) is 9.00. The lowest BCUT2D eigenvalue weighted by Crippen LogP contribution is -2.42. The van der Waals surface area contributed by atoms with Gasteiger partial charge in [0.15, 0.2) is 0 Å². The largest absolute Gasteiger partial charge is 0.444 e. The van der Waals surface area contributed by atoms with Gasteiger partial charge in [0.2, 0.25) is 0 Å². The van der Waals surface area contributed by atoms with Gasteiger partial charge in [-0.05, 0) is 51.7 Å². The molecule has 1 aromatic carbocycles. The number of benzene rings is 1. The zero-order chi connectivity index (χ0) is 20.3. The molecule has 3 rings (SSSR count). The fourth-order valence-corrected chi connectivity index (χ4v) is 3.57. The van der Waals surface area contributed by atoms with E-state index in [1.807, 2.05) is 39.0 Å². The Labute approximate surface area is 170 Å². The summed E-state index contributed by atoms with van der Waals surface area (Å²) in [5, 5.41) is 4.79. The molecule has 1 aromatic heterocycles. The summed E-state index contributed by atoms with van der Waals surface area (Å²) in [7, 11) is 0. The molecule has 0 unspecified atom stereocenters. The maximum Gasteiger partial charge on any atom is 0.410 e. The Balaban J connectivity index is 1.66. The third-order valence-electron chi connectivity index (χ3n) is 4.77. The molecule has 1 aliphatic rings. The summed E-state index contributed by atoms with van der Waals surface area (Å²) in [6.45, 7) is 7.36. The molecule has 0 saturated carbocycles. The van der Waals surface area contributed by atoms with Crippen LogP contribution < -0.4 is 5.56 Å². The van der Waals surface area contributed by atoms with Gasteiger partial charge >= 0.3 is 6.09 Å². The van der Waals surface area contributed by atoms with Crippen LogP contribution in [0.1, 0.15) is 33.6 Å². The molecular weight excluding hydrogens is 378 g/mol. The van der Waals surface area contributed by atoms with Gasteiger partial charge in [-0.3, -0.25) is 4.79 Å². The maximum absolute atomic E-state index is 12.9. The summed E-state index contributed by atoms with van der Waals surface area (Å²) < 4.78 is 6.94. The number of likely N-dealkylation sites (tertiary alicyclic amines) is 1. The second-order valence-electron chi connectivity index (χ2n) is 8.12. The quantitative estimate of drug-likeness (QED) is 0.769. The summed E-state index contributed by atoms with van der Waals surface area (Å²) in [4.78, 5) is 26.8. The van der Waals surface area contributed by atoms with E-state index in [0.29, 0.717) is 35.8 Å². The van der Waals surface area contributed by atoms with Gasteiger partial charge in [-0.15, -0.1) is 0 Å². The highest BCUT2D eigenvalue weighted by molar-refractivity contribution is 6.33. The van der Waals surface area contributed by atoms with Crippen LogP contribution in [0.2, 0.25) is 5.02 Å². The predicted octanol–water partition coefficient (Wildman–Crippen LogP) is 4.21. The zero-order valence-electron chi connectivity index (χ0n) is 16.5. The van der Waals surface area contributed by atoms with Crippen LogP contribution in [-0.4, -0.2) is 39.5 Å². The van der Waals surface area contributed by atoms with Crippen LogP contribution in [-0.2, 0) is 11.3 Å². The van der Waals surface area contributed by atoms with E-state index >= 15 is 0 Å². The summed E-state index contributed by atoms with van der Waals surface area (Å²) in [5.41, 5.74) is 0.617. The van der Waals surface area contributed by atoms with E-state index in [2.05, 4.69) is 5.10 Å². The molecule has 0 radical (unpaired) electrons. The molecule has 28 heavy (non-hydrogen) atoms. The van der Waals surface area contributed by atoms with Crippen LogP contribution >= 0.6 is 11.6 Å². The van der Waals surface area contributed by atoms with Gasteiger partial charge in [0.05, 0.1) is 5.56 Å². The van der Waals surface area contributed by atoms with E-state index in [1.54, 1.807) is 23.2 Å². The lowest BCUT2D eigenvalue weighted by atomic mass is 9.97. The highest BCUT2D eigenvalue weighted by atomic mass is 35.5. The smallest absolute Gasteiger partial charge is 0.410 e. The third-order valence-corrected chi connectivity index (χ3v) is 5.10. The average molecular weight is 404 g/mol. The Bertz CT molecular complexity index is 896. The van der Waals surface area contributed by atoms with Gasteiger partial charge in [0.25, 0.3) is 5.56 Å². The van der Waals surface area contributed by atoms with Crippen molar-refractivity contribution in [3.63, 3.8) is 0 Å². The Morgan fingerprint density at radius 1 is 1.18 bits per heavy atom. The van der Waals surface area contributed by atoms with E-state index in [-0.39, 0.29) is 17.6 Å². The number of piperidine rings is 1. The second-order valence-corrected chi connectivity index (χ2v) is 8.53. The van der Waals surface area contributed by atoms with Crippen molar-refractivity contribution < 1.29 is 9.53 Å². The van der Waals surface area contributed by atoms with Gasteiger partial charge in [-0.1, -0.05) is 29.8 Å². The van der Waals surface area contributed by atoms with Crippen LogP contribution in [0.4, 0.5) is 4.79 Å². The number of hydrogen-bond acceptors (Lipinski definition) is 4. The molecule has 0 aliphatic carbocycles. The van der Waals surface area contributed by atoms with Gasteiger partial charge in [-0.25, -0.2) is 9.48 Å². The standard InChI is InChI=1S/C21H26ClN3O3/c1-21(2,3)28-20(27)24-12-9-15(10-13-24)14-25-19(26)17(8-11-23-25)16-6-4-5-7-18(16)22/h4-8,11,15H,9-10,12-14H2,1-3H3. The summed E-state index contributed by atoms with van der Waals surface area (Å²) in [5.74, 6) is 0.283. The number of amides is 1. The highest BCUT2D eigenvalue weighted by Crippen LogP contribution is 2.25. The van der Waals surface area contributed by atoms with E-state index in [9.17, 15) is 9.59 Å². The average Bonchev–Trinajstić information content (AvgIpc) is 2.63. The van der Waals surface area contributed by atoms with Crippen molar-refractivity contribution in [1.29, 1.82) is 0 Å². The molecular formula is C21H26ClN3O3. The molecule has 0 N–H and O–H groups in total.